The van der Waals surface area contributed by atoms with Gasteiger partial charge in [0, 0.05) is 5.39 Å². The average molecular weight is 357 g/mol. The van der Waals surface area contributed by atoms with Gasteiger partial charge in [0.2, 0.25) is 5.78 Å². The Bertz CT molecular complexity index is 826. The van der Waals surface area contributed by atoms with Gasteiger partial charge in [-0.1, -0.05) is 49.1 Å². The van der Waals surface area contributed by atoms with Gasteiger partial charge in [0.1, 0.15) is 12.4 Å². The number of nitrogens with two attached hydrogens (primary N) is 1. The molecule has 0 aliphatic rings. The predicted octanol–water partition coefficient (Wildman–Crippen LogP) is 1.69. The molecule has 0 aliphatic carbocycles. The number of benzene rings is 2. The second kappa shape index (κ2) is 8.77. The lowest BCUT2D eigenvalue weighted by Gasteiger charge is -2.20. The highest BCUT2D eigenvalue weighted by atomic mass is 16.6. The third-order valence-electron chi connectivity index (χ3n) is 3.57. The van der Waals surface area contributed by atoms with Crippen LogP contribution in [0.4, 0.5) is 0 Å². The smallest absolute Gasteiger partial charge is 0.355 e. The normalized spacial score (nSPS) is 12.8. The van der Waals surface area contributed by atoms with Crippen LogP contribution in [0.15, 0.2) is 55.1 Å². The molecule has 3 N–H and O–H groups in total. The number of ketones is 1. The van der Waals surface area contributed by atoms with E-state index in [4.69, 9.17) is 20.3 Å². The lowest BCUT2D eigenvalue weighted by Crippen LogP contribution is -2.47. The van der Waals surface area contributed by atoms with Crippen LogP contribution in [-0.4, -0.2) is 41.6 Å². The Morgan fingerprint density at radius 3 is 2.54 bits per heavy atom. The first-order valence-corrected chi connectivity index (χ1v) is 7.87. The SMILES string of the molecule is C=CCOC(=O)C(Oc1cccc2ccccc12)C(=O)C(N)CC(=O)O. The van der Waals surface area contributed by atoms with Gasteiger partial charge in [0.05, 0.1) is 12.5 Å². The number of ether oxygens (including phenoxy) is 2. The van der Waals surface area contributed by atoms with Crippen molar-refractivity contribution in [2.45, 2.75) is 18.6 Å². The lowest BCUT2D eigenvalue weighted by molar-refractivity contribution is -0.156. The maximum Gasteiger partial charge on any atom is 0.355 e. The molecular weight excluding hydrogens is 338 g/mol. The lowest BCUT2D eigenvalue weighted by atomic mass is 10.0. The van der Waals surface area contributed by atoms with Crippen molar-refractivity contribution in [2.75, 3.05) is 6.61 Å². The molecule has 2 rings (SSSR count). The number of carbonyl (C=O) groups is 3. The minimum atomic E-state index is -1.67. The van der Waals surface area contributed by atoms with Crippen LogP contribution in [0, 0.1) is 0 Å². The minimum absolute atomic E-state index is 0.115. The van der Waals surface area contributed by atoms with E-state index in [0.29, 0.717) is 11.1 Å². The van der Waals surface area contributed by atoms with Crippen LogP contribution in [0.2, 0.25) is 0 Å². The molecule has 0 fully saturated rings. The fraction of sp³-hybridized carbons (Fsp3) is 0.211. The number of aliphatic carboxylic acids is 1. The van der Waals surface area contributed by atoms with Gasteiger partial charge in [-0.25, -0.2) is 4.79 Å². The van der Waals surface area contributed by atoms with Gasteiger partial charge in [0.25, 0.3) is 6.10 Å². The number of hydrogen-bond acceptors (Lipinski definition) is 6. The summed E-state index contributed by atoms with van der Waals surface area (Å²) in [6.07, 6.45) is -0.951. The first kappa shape index (κ1) is 19.1. The number of carboxylic acid groups (broad SMARTS) is 1. The molecule has 0 spiro atoms. The zero-order chi connectivity index (χ0) is 19.1. The van der Waals surface area contributed by atoms with E-state index >= 15 is 0 Å². The maximum absolute atomic E-state index is 12.5. The largest absolute Gasteiger partial charge is 0.481 e. The molecule has 0 heterocycles. The third kappa shape index (κ3) is 4.67. The van der Waals surface area contributed by atoms with E-state index in [1.807, 2.05) is 18.2 Å². The van der Waals surface area contributed by atoms with Gasteiger partial charge >= 0.3 is 11.9 Å². The Hall–Kier alpha value is -3.19. The second-order valence-corrected chi connectivity index (χ2v) is 5.50. The number of fused-ring (bicyclic) bond motifs is 1. The van der Waals surface area contributed by atoms with Crippen molar-refractivity contribution in [1.82, 2.24) is 0 Å². The molecule has 2 aromatic rings. The summed E-state index contributed by atoms with van der Waals surface area (Å²) in [7, 11) is 0. The molecule has 136 valence electrons. The Labute approximate surface area is 150 Å². The van der Waals surface area contributed by atoms with Crippen molar-refractivity contribution in [1.29, 1.82) is 0 Å². The zero-order valence-corrected chi connectivity index (χ0v) is 14.0. The predicted molar refractivity (Wildman–Crippen MR) is 94.8 cm³/mol. The molecule has 0 saturated carbocycles. The molecule has 2 unspecified atom stereocenters. The monoisotopic (exact) mass is 357 g/mol. The van der Waals surface area contributed by atoms with Crippen molar-refractivity contribution in [3.63, 3.8) is 0 Å². The highest BCUT2D eigenvalue weighted by Crippen LogP contribution is 2.26. The fourth-order valence-electron chi connectivity index (χ4n) is 2.35. The Balaban J connectivity index is 2.33. The molecule has 0 amide bonds. The highest BCUT2D eigenvalue weighted by Gasteiger charge is 2.35. The third-order valence-corrected chi connectivity index (χ3v) is 3.57. The van der Waals surface area contributed by atoms with Crippen molar-refractivity contribution >= 4 is 28.5 Å². The van der Waals surface area contributed by atoms with Crippen LogP contribution < -0.4 is 10.5 Å². The van der Waals surface area contributed by atoms with Crippen LogP contribution in [0.1, 0.15) is 6.42 Å². The summed E-state index contributed by atoms with van der Waals surface area (Å²) in [5, 5.41) is 10.4. The van der Waals surface area contributed by atoms with Gasteiger partial charge in [-0.05, 0) is 11.5 Å². The molecule has 2 atom stereocenters. The Morgan fingerprint density at radius 1 is 1.15 bits per heavy atom. The molecule has 0 aromatic heterocycles. The zero-order valence-electron chi connectivity index (χ0n) is 14.0. The van der Waals surface area contributed by atoms with Crippen LogP contribution in [0.25, 0.3) is 10.8 Å². The first-order chi connectivity index (χ1) is 12.4. The summed E-state index contributed by atoms with van der Waals surface area (Å²) >= 11 is 0. The fourth-order valence-corrected chi connectivity index (χ4v) is 2.35. The van der Waals surface area contributed by atoms with Gasteiger partial charge in [0.15, 0.2) is 0 Å². The standard InChI is InChI=1S/C19H19NO6/c1-2-10-25-19(24)18(17(23)14(20)11-16(21)22)26-15-9-5-7-12-6-3-4-8-13(12)15/h2-9,14,18H,1,10-11,20H2,(H,21,22). The molecule has 2 aromatic carbocycles. The topological polar surface area (TPSA) is 116 Å². The molecule has 26 heavy (non-hydrogen) atoms. The molecule has 7 heteroatoms. The highest BCUT2D eigenvalue weighted by molar-refractivity contribution is 6.06. The molecule has 0 aliphatic heterocycles. The van der Waals surface area contributed by atoms with E-state index in [0.717, 1.165) is 5.39 Å². The summed E-state index contributed by atoms with van der Waals surface area (Å²) in [6, 6.07) is 11.0. The van der Waals surface area contributed by atoms with E-state index in [9.17, 15) is 14.4 Å². The van der Waals surface area contributed by atoms with E-state index in [1.165, 1.54) is 6.08 Å². The van der Waals surface area contributed by atoms with E-state index < -0.39 is 36.3 Å². The second-order valence-electron chi connectivity index (χ2n) is 5.50. The summed E-state index contributed by atoms with van der Waals surface area (Å²) in [4.78, 5) is 35.5. The Kier molecular flexibility index (Phi) is 6.46. The van der Waals surface area contributed by atoms with E-state index in [2.05, 4.69) is 6.58 Å². The maximum atomic E-state index is 12.5. The molecule has 0 saturated heterocycles. The number of carbonyl (C=O) groups excluding carboxylic acids is 2. The number of esters is 1. The van der Waals surface area contributed by atoms with Crippen LogP contribution >= 0.6 is 0 Å². The minimum Gasteiger partial charge on any atom is -0.481 e. The number of hydrogen-bond donors (Lipinski definition) is 2. The Morgan fingerprint density at radius 2 is 1.85 bits per heavy atom. The van der Waals surface area contributed by atoms with Crippen LogP contribution in [0.5, 0.6) is 5.75 Å². The van der Waals surface area contributed by atoms with Gasteiger partial charge in [-0.3, -0.25) is 9.59 Å². The van der Waals surface area contributed by atoms with Gasteiger partial charge in [-0.2, -0.15) is 0 Å². The van der Waals surface area contributed by atoms with Crippen molar-refractivity contribution in [3.05, 3.63) is 55.1 Å². The summed E-state index contributed by atoms with van der Waals surface area (Å²) < 4.78 is 10.5. The van der Waals surface area contributed by atoms with Gasteiger partial charge in [-0.15, -0.1) is 0 Å². The molecule has 0 radical (unpaired) electrons. The van der Waals surface area contributed by atoms with Crippen LogP contribution in [-0.2, 0) is 19.1 Å². The molecular formula is C19H19NO6. The van der Waals surface area contributed by atoms with E-state index in [1.54, 1.807) is 24.3 Å². The van der Waals surface area contributed by atoms with Crippen molar-refractivity contribution < 1.29 is 29.0 Å². The average Bonchev–Trinajstić information content (AvgIpc) is 2.63. The van der Waals surface area contributed by atoms with Crippen LogP contribution in [0.3, 0.4) is 0 Å². The van der Waals surface area contributed by atoms with Crippen molar-refractivity contribution in [2.24, 2.45) is 5.73 Å². The molecule has 7 nitrogen and oxygen atoms in total. The number of carboxylic acids is 1. The quantitative estimate of drug-likeness (QED) is 0.398. The first-order valence-electron chi connectivity index (χ1n) is 7.87. The van der Waals surface area contributed by atoms with E-state index in [-0.39, 0.29) is 6.61 Å². The number of Topliss-reactive ketones (excluding diaryl/α,β-unsaturated/α-hetero) is 1. The molecule has 0 bridgehead atoms. The summed E-state index contributed by atoms with van der Waals surface area (Å²) in [5.41, 5.74) is 5.61. The summed E-state index contributed by atoms with van der Waals surface area (Å²) in [6.45, 7) is 3.32. The summed E-state index contributed by atoms with van der Waals surface area (Å²) in [5.74, 6) is -2.79. The van der Waals surface area contributed by atoms with Gasteiger partial charge < -0.3 is 20.3 Å². The number of rotatable bonds is 9. The van der Waals surface area contributed by atoms with Crippen molar-refractivity contribution in [3.8, 4) is 5.75 Å².